The van der Waals surface area contributed by atoms with E-state index in [2.05, 4.69) is 9.72 Å². The monoisotopic (exact) mass is 233 g/mol. The summed E-state index contributed by atoms with van der Waals surface area (Å²) in [6.07, 6.45) is 5.13. The number of pyridine rings is 1. The summed E-state index contributed by atoms with van der Waals surface area (Å²) in [5.41, 5.74) is 1.65. The minimum Gasteiger partial charge on any atom is -0.498 e. The third-order valence-electron chi connectivity index (χ3n) is 3.05. The average molecular weight is 233 g/mol. The molecule has 5 heteroatoms. The first kappa shape index (κ1) is 10.3. The van der Waals surface area contributed by atoms with Crippen LogP contribution < -0.4 is 0 Å². The van der Waals surface area contributed by atoms with Gasteiger partial charge in [-0.3, -0.25) is 0 Å². The molecule has 0 saturated carbocycles. The van der Waals surface area contributed by atoms with Crippen LogP contribution >= 0.6 is 0 Å². The molecule has 1 atom stereocenters. The molecule has 1 aromatic heterocycles. The first-order valence-corrected chi connectivity index (χ1v) is 5.26. The van der Waals surface area contributed by atoms with Gasteiger partial charge in [0.05, 0.1) is 20.0 Å². The van der Waals surface area contributed by atoms with E-state index in [4.69, 9.17) is 9.47 Å². The number of methoxy groups -OCH3 is 1. The van der Waals surface area contributed by atoms with Gasteiger partial charge in [-0.15, -0.1) is 0 Å². The number of hydrogen-bond acceptors (Lipinski definition) is 5. The predicted octanol–water partition coefficient (Wildman–Crippen LogP) is 1.14. The van der Waals surface area contributed by atoms with E-state index in [1.165, 1.54) is 7.11 Å². The molecular weight excluding hydrogens is 222 g/mol. The maximum absolute atomic E-state index is 11.4. The van der Waals surface area contributed by atoms with Crippen molar-refractivity contribution in [3.8, 4) is 0 Å². The van der Waals surface area contributed by atoms with Crippen molar-refractivity contribution < 1.29 is 19.0 Å². The number of aromatic nitrogens is 1. The van der Waals surface area contributed by atoms with E-state index in [1.54, 1.807) is 18.5 Å². The molecule has 3 rings (SSSR count). The van der Waals surface area contributed by atoms with E-state index in [0.29, 0.717) is 13.2 Å². The van der Waals surface area contributed by atoms with E-state index in [-0.39, 0.29) is 5.69 Å². The van der Waals surface area contributed by atoms with Gasteiger partial charge in [-0.05, 0) is 12.1 Å². The van der Waals surface area contributed by atoms with Crippen molar-refractivity contribution in [2.75, 3.05) is 13.7 Å². The second-order valence-electron chi connectivity index (χ2n) is 4.01. The highest BCUT2D eigenvalue weighted by Gasteiger charge is 2.42. The lowest BCUT2D eigenvalue weighted by molar-refractivity contribution is -0.0235. The lowest BCUT2D eigenvalue weighted by Crippen LogP contribution is -2.25. The van der Waals surface area contributed by atoms with Gasteiger partial charge in [0.15, 0.2) is 0 Å². The van der Waals surface area contributed by atoms with Crippen molar-refractivity contribution >= 4 is 5.97 Å². The molecule has 1 unspecified atom stereocenters. The molecular formula is C12H11NO4. The number of carbonyl (C=O) groups is 1. The minimum atomic E-state index is -0.555. The molecule has 0 aliphatic carbocycles. The van der Waals surface area contributed by atoms with Crippen LogP contribution in [0.2, 0.25) is 0 Å². The fraction of sp³-hybridized carbons (Fsp3) is 0.333. The fourth-order valence-electron chi connectivity index (χ4n) is 2.13. The van der Waals surface area contributed by atoms with Gasteiger partial charge in [0.25, 0.3) is 0 Å². The first-order chi connectivity index (χ1) is 8.25. The molecule has 2 aliphatic heterocycles. The van der Waals surface area contributed by atoms with Crippen molar-refractivity contribution in [1.29, 1.82) is 0 Å². The van der Waals surface area contributed by atoms with Gasteiger partial charge >= 0.3 is 5.97 Å². The highest BCUT2D eigenvalue weighted by molar-refractivity contribution is 5.87. The average Bonchev–Trinajstić information content (AvgIpc) is 2.98. The Balaban J connectivity index is 2.07. The zero-order valence-electron chi connectivity index (χ0n) is 9.30. The van der Waals surface area contributed by atoms with Crippen LogP contribution in [0.1, 0.15) is 21.6 Å². The largest absolute Gasteiger partial charge is 0.498 e. The van der Waals surface area contributed by atoms with Gasteiger partial charge in [-0.25, -0.2) is 9.78 Å². The third-order valence-corrected chi connectivity index (χ3v) is 3.05. The number of nitrogens with zero attached hydrogens (tertiary/aromatic N) is 1. The molecule has 0 radical (unpaired) electrons. The zero-order valence-corrected chi connectivity index (χ0v) is 9.30. The van der Waals surface area contributed by atoms with Crippen LogP contribution in [-0.4, -0.2) is 24.7 Å². The van der Waals surface area contributed by atoms with Crippen LogP contribution in [0.3, 0.4) is 0 Å². The molecule has 17 heavy (non-hydrogen) atoms. The number of carbonyl (C=O) groups excluding carboxylic acids is 1. The molecule has 3 heterocycles. The van der Waals surface area contributed by atoms with Crippen LogP contribution in [0, 0.1) is 0 Å². The SMILES string of the molecule is COC(=O)c1cc2c(cn1)COC21C=COC1. The molecule has 0 N–H and O–H groups in total. The Morgan fingerprint density at radius 3 is 3.18 bits per heavy atom. The molecule has 5 nitrogen and oxygen atoms in total. The van der Waals surface area contributed by atoms with E-state index in [1.807, 2.05) is 6.08 Å². The number of hydrogen-bond donors (Lipinski definition) is 0. The van der Waals surface area contributed by atoms with E-state index < -0.39 is 11.6 Å². The van der Waals surface area contributed by atoms with Gasteiger partial charge in [0.1, 0.15) is 17.9 Å². The highest BCUT2D eigenvalue weighted by atomic mass is 16.6. The Kier molecular flexibility index (Phi) is 2.16. The van der Waals surface area contributed by atoms with Gasteiger partial charge in [-0.2, -0.15) is 0 Å². The molecule has 0 amide bonds. The van der Waals surface area contributed by atoms with Crippen LogP contribution in [-0.2, 0) is 26.4 Å². The van der Waals surface area contributed by atoms with Gasteiger partial charge < -0.3 is 14.2 Å². The molecule has 0 saturated heterocycles. The number of ether oxygens (including phenoxy) is 3. The topological polar surface area (TPSA) is 57.7 Å². The smallest absolute Gasteiger partial charge is 0.356 e. The Morgan fingerprint density at radius 1 is 1.59 bits per heavy atom. The summed E-state index contributed by atoms with van der Waals surface area (Å²) in [6.45, 7) is 0.919. The molecule has 88 valence electrons. The normalized spacial score (nSPS) is 24.8. The summed E-state index contributed by atoms with van der Waals surface area (Å²) in [6, 6.07) is 1.72. The third kappa shape index (κ3) is 1.43. The zero-order chi connectivity index (χ0) is 11.9. The second-order valence-corrected chi connectivity index (χ2v) is 4.01. The molecule has 0 aromatic carbocycles. The van der Waals surface area contributed by atoms with Crippen molar-refractivity contribution in [2.24, 2.45) is 0 Å². The summed E-state index contributed by atoms with van der Waals surface area (Å²) >= 11 is 0. The van der Waals surface area contributed by atoms with Crippen LogP contribution in [0.4, 0.5) is 0 Å². The lowest BCUT2D eigenvalue weighted by atomic mass is 9.94. The summed E-state index contributed by atoms with van der Waals surface area (Å²) < 4.78 is 15.6. The van der Waals surface area contributed by atoms with Gasteiger partial charge in [0, 0.05) is 17.3 Å². The minimum absolute atomic E-state index is 0.288. The molecule has 1 spiro atoms. The summed E-state index contributed by atoms with van der Waals surface area (Å²) in [5.74, 6) is -0.447. The highest BCUT2D eigenvalue weighted by Crippen LogP contribution is 2.40. The summed E-state index contributed by atoms with van der Waals surface area (Å²) in [7, 11) is 1.34. The predicted molar refractivity (Wildman–Crippen MR) is 57.1 cm³/mol. The Labute approximate surface area is 98.0 Å². The van der Waals surface area contributed by atoms with Crippen LogP contribution in [0.5, 0.6) is 0 Å². The van der Waals surface area contributed by atoms with Crippen molar-refractivity contribution in [3.63, 3.8) is 0 Å². The Hall–Kier alpha value is -1.88. The van der Waals surface area contributed by atoms with Crippen LogP contribution in [0.15, 0.2) is 24.6 Å². The Bertz CT molecular complexity index is 511. The molecule has 1 aromatic rings. The fourth-order valence-corrected chi connectivity index (χ4v) is 2.13. The van der Waals surface area contributed by atoms with E-state index >= 15 is 0 Å². The van der Waals surface area contributed by atoms with Crippen molar-refractivity contribution in [3.05, 3.63) is 41.4 Å². The quantitative estimate of drug-likeness (QED) is 0.681. The molecule has 2 aliphatic rings. The van der Waals surface area contributed by atoms with Gasteiger partial charge in [-0.1, -0.05) is 0 Å². The summed E-state index contributed by atoms with van der Waals surface area (Å²) in [4.78, 5) is 15.5. The number of esters is 1. The van der Waals surface area contributed by atoms with Crippen LogP contribution in [0.25, 0.3) is 0 Å². The van der Waals surface area contributed by atoms with E-state index in [9.17, 15) is 4.79 Å². The maximum atomic E-state index is 11.4. The molecule has 0 bridgehead atoms. The standard InChI is InChI=1S/C12H11NO4/c1-15-11(14)10-4-9-8(5-13-10)6-17-12(9)2-3-16-7-12/h2-5H,6-7H2,1H3. The van der Waals surface area contributed by atoms with Crippen molar-refractivity contribution in [1.82, 2.24) is 4.98 Å². The molecule has 0 fully saturated rings. The number of rotatable bonds is 1. The van der Waals surface area contributed by atoms with E-state index in [0.717, 1.165) is 11.1 Å². The second kappa shape index (κ2) is 3.56. The maximum Gasteiger partial charge on any atom is 0.356 e. The lowest BCUT2D eigenvalue weighted by Gasteiger charge is -2.19. The Morgan fingerprint density at radius 2 is 2.47 bits per heavy atom. The number of fused-ring (bicyclic) bond motifs is 2. The van der Waals surface area contributed by atoms with Gasteiger partial charge in [0.2, 0.25) is 0 Å². The summed E-state index contributed by atoms with van der Waals surface area (Å²) in [5, 5.41) is 0. The first-order valence-electron chi connectivity index (χ1n) is 5.26. The van der Waals surface area contributed by atoms with Crippen molar-refractivity contribution in [2.45, 2.75) is 12.2 Å².